The summed E-state index contributed by atoms with van der Waals surface area (Å²) in [6, 6.07) is 7.64. The summed E-state index contributed by atoms with van der Waals surface area (Å²) >= 11 is 0. The van der Waals surface area contributed by atoms with Crippen LogP contribution in [0.15, 0.2) is 29.4 Å². The first-order valence-electron chi connectivity index (χ1n) is 9.23. The molecule has 0 heterocycles. The first kappa shape index (κ1) is 19.9. The molecule has 0 aliphatic heterocycles. The predicted octanol–water partition coefficient (Wildman–Crippen LogP) is 3.57. The summed E-state index contributed by atoms with van der Waals surface area (Å²) in [4.78, 5) is 30.9. The zero-order valence-corrected chi connectivity index (χ0v) is 16.1. The van der Waals surface area contributed by atoms with Crippen molar-refractivity contribution in [2.24, 2.45) is 5.16 Å². The van der Waals surface area contributed by atoms with Crippen LogP contribution in [0, 0.1) is 0 Å². The Hall–Kier alpha value is -2.37. The molecule has 1 aliphatic rings. The summed E-state index contributed by atoms with van der Waals surface area (Å²) in [5, 5.41) is 6.83. The fourth-order valence-electron chi connectivity index (χ4n) is 3.19. The van der Waals surface area contributed by atoms with E-state index in [4.69, 9.17) is 4.84 Å². The van der Waals surface area contributed by atoms with Gasteiger partial charge in [0.1, 0.15) is 0 Å². The maximum atomic E-state index is 12.5. The Balaban J connectivity index is 1.92. The molecule has 1 aromatic rings. The van der Waals surface area contributed by atoms with Crippen molar-refractivity contribution in [2.45, 2.75) is 65.0 Å². The molecule has 0 spiro atoms. The smallest absolute Gasteiger partial charge is 0.266 e. The molecule has 1 saturated carbocycles. The van der Waals surface area contributed by atoms with Gasteiger partial charge in [0.15, 0.2) is 0 Å². The van der Waals surface area contributed by atoms with Crippen molar-refractivity contribution in [3.8, 4) is 0 Å². The standard InChI is InChI=1S/C20H29N3O3/c1-14(17-10-12-18(13-11-17)21-16(3)24)22-26-15(2)20(25)23(4)19-8-6-5-7-9-19/h10-13,15,19H,5-9H2,1-4H3,(H,21,24)/b22-14+. The number of rotatable bonds is 6. The van der Waals surface area contributed by atoms with Crippen LogP contribution in [-0.2, 0) is 14.4 Å². The van der Waals surface area contributed by atoms with E-state index in [1.807, 2.05) is 31.0 Å². The van der Waals surface area contributed by atoms with Gasteiger partial charge in [-0.1, -0.05) is 36.6 Å². The van der Waals surface area contributed by atoms with E-state index >= 15 is 0 Å². The topological polar surface area (TPSA) is 71.0 Å². The van der Waals surface area contributed by atoms with Gasteiger partial charge >= 0.3 is 0 Å². The van der Waals surface area contributed by atoms with Gasteiger partial charge in [-0.3, -0.25) is 9.59 Å². The van der Waals surface area contributed by atoms with Gasteiger partial charge in [-0.2, -0.15) is 0 Å². The molecule has 6 heteroatoms. The van der Waals surface area contributed by atoms with E-state index in [-0.39, 0.29) is 11.8 Å². The molecule has 1 unspecified atom stereocenters. The molecule has 0 aromatic heterocycles. The van der Waals surface area contributed by atoms with Gasteiger partial charge in [0.25, 0.3) is 5.91 Å². The van der Waals surface area contributed by atoms with Gasteiger partial charge in [-0.05, 0) is 44.4 Å². The minimum Gasteiger partial charge on any atom is -0.382 e. The highest BCUT2D eigenvalue weighted by atomic mass is 16.6. The summed E-state index contributed by atoms with van der Waals surface area (Å²) < 4.78 is 0. The van der Waals surface area contributed by atoms with Crippen LogP contribution in [0.5, 0.6) is 0 Å². The van der Waals surface area contributed by atoms with E-state index in [0.29, 0.717) is 11.8 Å². The number of hydrogen-bond donors (Lipinski definition) is 1. The molecule has 0 radical (unpaired) electrons. The number of hydrogen-bond acceptors (Lipinski definition) is 4. The van der Waals surface area contributed by atoms with Crippen molar-refractivity contribution in [2.75, 3.05) is 12.4 Å². The van der Waals surface area contributed by atoms with Crippen LogP contribution in [0.1, 0.15) is 58.4 Å². The minimum atomic E-state index is -0.615. The number of anilines is 1. The molecule has 142 valence electrons. The second-order valence-electron chi connectivity index (χ2n) is 6.92. The predicted molar refractivity (Wildman–Crippen MR) is 103 cm³/mol. The highest BCUT2D eigenvalue weighted by molar-refractivity contribution is 5.99. The van der Waals surface area contributed by atoms with Gasteiger partial charge in [-0.25, -0.2) is 0 Å². The van der Waals surface area contributed by atoms with Crippen molar-refractivity contribution >= 4 is 23.2 Å². The monoisotopic (exact) mass is 359 g/mol. The third-order valence-corrected chi connectivity index (χ3v) is 4.79. The van der Waals surface area contributed by atoms with E-state index in [1.165, 1.54) is 26.2 Å². The largest absolute Gasteiger partial charge is 0.382 e. The number of nitrogens with one attached hydrogen (secondary N) is 1. The van der Waals surface area contributed by atoms with Gasteiger partial charge in [0.2, 0.25) is 12.0 Å². The highest BCUT2D eigenvalue weighted by Crippen LogP contribution is 2.22. The zero-order chi connectivity index (χ0) is 19.1. The Morgan fingerprint density at radius 2 is 1.77 bits per heavy atom. The summed E-state index contributed by atoms with van der Waals surface area (Å²) in [6.07, 6.45) is 5.15. The van der Waals surface area contributed by atoms with Crippen LogP contribution in [0.25, 0.3) is 0 Å². The molecule has 0 saturated heterocycles. The van der Waals surface area contributed by atoms with E-state index in [1.54, 1.807) is 19.1 Å². The van der Waals surface area contributed by atoms with Crippen molar-refractivity contribution in [3.63, 3.8) is 0 Å². The first-order chi connectivity index (χ1) is 12.4. The average Bonchev–Trinajstić information content (AvgIpc) is 2.65. The molecule has 26 heavy (non-hydrogen) atoms. The fraction of sp³-hybridized carbons (Fsp3) is 0.550. The molecule has 1 aromatic carbocycles. The lowest BCUT2D eigenvalue weighted by atomic mass is 9.94. The maximum Gasteiger partial charge on any atom is 0.266 e. The van der Waals surface area contributed by atoms with E-state index in [2.05, 4.69) is 10.5 Å². The second kappa shape index (κ2) is 9.36. The lowest BCUT2D eigenvalue weighted by Crippen LogP contribution is -2.43. The van der Waals surface area contributed by atoms with E-state index < -0.39 is 6.10 Å². The van der Waals surface area contributed by atoms with Gasteiger partial charge in [-0.15, -0.1) is 0 Å². The van der Waals surface area contributed by atoms with Crippen LogP contribution >= 0.6 is 0 Å². The summed E-state index contributed by atoms with van der Waals surface area (Å²) in [7, 11) is 1.86. The SMILES string of the molecule is CC(=O)Nc1ccc(/C(C)=N/OC(C)C(=O)N(C)C2CCCCC2)cc1. The molecule has 2 amide bonds. The average molecular weight is 359 g/mol. The van der Waals surface area contributed by atoms with Crippen molar-refractivity contribution < 1.29 is 14.4 Å². The normalized spacial score (nSPS) is 16.7. The number of amides is 2. The van der Waals surface area contributed by atoms with Crippen molar-refractivity contribution in [1.82, 2.24) is 4.90 Å². The molecule has 1 aliphatic carbocycles. The quantitative estimate of drug-likeness (QED) is 0.623. The molecule has 1 N–H and O–H groups in total. The summed E-state index contributed by atoms with van der Waals surface area (Å²) in [5.41, 5.74) is 2.28. The van der Waals surface area contributed by atoms with Gasteiger partial charge in [0.05, 0.1) is 5.71 Å². The molecular formula is C20H29N3O3. The number of likely N-dealkylation sites (N-methyl/N-ethyl adjacent to an activating group) is 1. The van der Waals surface area contributed by atoms with Crippen LogP contribution in [0.4, 0.5) is 5.69 Å². The molecule has 0 bridgehead atoms. The Kier molecular flexibility index (Phi) is 7.18. The highest BCUT2D eigenvalue weighted by Gasteiger charge is 2.26. The van der Waals surface area contributed by atoms with Gasteiger partial charge in [0, 0.05) is 25.7 Å². The van der Waals surface area contributed by atoms with E-state index in [9.17, 15) is 9.59 Å². The lowest BCUT2D eigenvalue weighted by Gasteiger charge is -2.32. The van der Waals surface area contributed by atoms with Gasteiger partial charge < -0.3 is 15.1 Å². The summed E-state index contributed by atoms with van der Waals surface area (Å²) in [6.45, 7) is 5.03. The van der Waals surface area contributed by atoms with Crippen LogP contribution in [0.2, 0.25) is 0 Å². The second-order valence-corrected chi connectivity index (χ2v) is 6.92. The van der Waals surface area contributed by atoms with Crippen molar-refractivity contribution in [3.05, 3.63) is 29.8 Å². The van der Waals surface area contributed by atoms with Crippen LogP contribution in [0.3, 0.4) is 0 Å². The number of benzene rings is 1. The Morgan fingerprint density at radius 1 is 1.15 bits per heavy atom. The third kappa shape index (κ3) is 5.58. The number of carbonyl (C=O) groups excluding carboxylic acids is 2. The summed E-state index contributed by atoms with van der Waals surface area (Å²) in [5.74, 6) is -0.143. The Bertz CT molecular complexity index is 649. The lowest BCUT2D eigenvalue weighted by molar-refractivity contribution is -0.144. The molecule has 6 nitrogen and oxygen atoms in total. The Morgan fingerprint density at radius 3 is 2.35 bits per heavy atom. The van der Waals surface area contributed by atoms with Crippen molar-refractivity contribution in [1.29, 1.82) is 0 Å². The molecule has 1 fully saturated rings. The number of carbonyl (C=O) groups is 2. The minimum absolute atomic E-state index is 0.0329. The molecular weight excluding hydrogens is 330 g/mol. The number of nitrogens with zero attached hydrogens (tertiary/aromatic N) is 2. The first-order valence-corrected chi connectivity index (χ1v) is 9.23. The Labute approximate surface area is 155 Å². The maximum absolute atomic E-state index is 12.5. The fourth-order valence-corrected chi connectivity index (χ4v) is 3.19. The van der Waals surface area contributed by atoms with E-state index in [0.717, 1.165) is 24.1 Å². The third-order valence-electron chi connectivity index (χ3n) is 4.79. The van der Waals surface area contributed by atoms with Crippen LogP contribution < -0.4 is 5.32 Å². The zero-order valence-electron chi connectivity index (χ0n) is 16.1. The van der Waals surface area contributed by atoms with Crippen LogP contribution in [-0.4, -0.2) is 41.6 Å². The molecule has 1 atom stereocenters. The molecule has 2 rings (SSSR count). The number of oxime groups is 1.